The number of ether oxygens (including phenoxy) is 2. The van der Waals surface area contributed by atoms with Gasteiger partial charge in [0.15, 0.2) is 16.4 Å². The first-order chi connectivity index (χ1) is 15.2. The number of likely N-dealkylation sites (N-methyl/N-ethyl adjacent to an activating group) is 2. The highest BCUT2D eigenvalue weighted by Crippen LogP contribution is 2.19. The van der Waals surface area contributed by atoms with E-state index in [1.165, 1.54) is 24.1 Å². The molecule has 1 saturated heterocycles. The average molecular weight is 452 g/mol. The summed E-state index contributed by atoms with van der Waals surface area (Å²) in [6.45, 7) is 0.897. The van der Waals surface area contributed by atoms with Crippen LogP contribution in [0.4, 0.5) is 20.3 Å². The molecule has 2 aromatic rings. The highest BCUT2D eigenvalue weighted by molar-refractivity contribution is 5.93. The second kappa shape index (κ2) is 12.0. The number of hydrogen-bond donors (Lipinski definition) is 1. The normalized spacial score (nSPS) is 15.0. The lowest BCUT2D eigenvalue weighted by molar-refractivity contribution is -0.600. The molecule has 9 nitrogen and oxygen atoms in total. The molecule has 1 amide bonds. The largest absolute Gasteiger partial charge is 0.494 e. The summed E-state index contributed by atoms with van der Waals surface area (Å²) >= 11 is 0. The minimum atomic E-state index is -0.940. The van der Waals surface area contributed by atoms with Crippen LogP contribution in [0.1, 0.15) is 12.8 Å². The summed E-state index contributed by atoms with van der Waals surface area (Å²) in [6.07, 6.45) is 2.68. The number of nitrogens with one attached hydrogen (secondary N) is 1. The molecule has 1 N–H and O–H groups in total. The van der Waals surface area contributed by atoms with Crippen molar-refractivity contribution < 1.29 is 27.9 Å². The van der Waals surface area contributed by atoms with Gasteiger partial charge in [-0.1, -0.05) is 6.07 Å². The SMILES string of the molecule is CN(C)CC(=O)N(C)c1cc(N[N+](=O)C2CCCO2)ccn1.COc1cccc(F)c1F. The number of anilines is 2. The maximum atomic E-state index is 12.5. The summed E-state index contributed by atoms with van der Waals surface area (Å²) in [4.78, 5) is 32.1. The third-order valence-electron chi connectivity index (χ3n) is 4.46. The third-order valence-corrected chi connectivity index (χ3v) is 4.46. The van der Waals surface area contributed by atoms with Crippen LogP contribution in [0.5, 0.6) is 5.75 Å². The minimum absolute atomic E-state index is 0.0694. The van der Waals surface area contributed by atoms with E-state index in [0.29, 0.717) is 35.9 Å². The Labute approximate surface area is 185 Å². The number of amides is 1. The zero-order valence-corrected chi connectivity index (χ0v) is 18.5. The first-order valence-corrected chi connectivity index (χ1v) is 9.93. The van der Waals surface area contributed by atoms with Gasteiger partial charge in [-0.15, -0.1) is 5.43 Å². The molecule has 11 heteroatoms. The number of benzene rings is 1. The molecule has 3 rings (SSSR count). The van der Waals surface area contributed by atoms with Gasteiger partial charge in [0.2, 0.25) is 11.7 Å². The molecule has 0 saturated carbocycles. The molecule has 0 bridgehead atoms. The van der Waals surface area contributed by atoms with Crippen molar-refractivity contribution in [1.29, 1.82) is 0 Å². The Morgan fingerprint density at radius 3 is 2.66 bits per heavy atom. The first kappa shape index (κ1) is 25.1. The molecule has 0 spiro atoms. The van der Waals surface area contributed by atoms with E-state index in [1.807, 2.05) is 14.1 Å². The molecule has 1 unspecified atom stereocenters. The lowest BCUT2D eigenvalue weighted by atomic mass is 10.3. The Bertz CT molecular complexity index is 923. The molecular formula is C21H28F2N5O4+. The number of aromatic nitrogens is 1. The Hall–Kier alpha value is -3.18. The zero-order valence-electron chi connectivity index (χ0n) is 18.5. The van der Waals surface area contributed by atoms with Gasteiger partial charge in [0.05, 0.1) is 25.2 Å². The van der Waals surface area contributed by atoms with Gasteiger partial charge < -0.3 is 14.4 Å². The fourth-order valence-corrected chi connectivity index (χ4v) is 2.76. The Kier molecular flexibility index (Phi) is 9.41. The molecule has 32 heavy (non-hydrogen) atoms. The summed E-state index contributed by atoms with van der Waals surface area (Å²) in [5.74, 6) is -1.49. The van der Waals surface area contributed by atoms with Crippen molar-refractivity contribution >= 4 is 17.4 Å². The van der Waals surface area contributed by atoms with E-state index in [2.05, 4.69) is 15.1 Å². The highest BCUT2D eigenvalue weighted by atomic mass is 19.2. The molecule has 1 aliphatic heterocycles. The lowest BCUT2D eigenvalue weighted by Crippen LogP contribution is -2.35. The average Bonchev–Trinajstić information content (AvgIpc) is 3.30. The van der Waals surface area contributed by atoms with Crippen LogP contribution in [0, 0.1) is 16.5 Å². The predicted molar refractivity (Wildman–Crippen MR) is 115 cm³/mol. The van der Waals surface area contributed by atoms with Crippen LogP contribution in [0.2, 0.25) is 0 Å². The number of hydrazine groups is 1. The maximum Gasteiger partial charge on any atom is 0.337 e. The maximum absolute atomic E-state index is 12.5. The van der Waals surface area contributed by atoms with Crippen LogP contribution in [0.3, 0.4) is 0 Å². The summed E-state index contributed by atoms with van der Waals surface area (Å²) < 4.78 is 34.6. The predicted octanol–water partition coefficient (Wildman–Crippen LogP) is 2.82. The van der Waals surface area contributed by atoms with E-state index < -0.39 is 17.9 Å². The molecule has 1 fully saturated rings. The van der Waals surface area contributed by atoms with E-state index >= 15 is 0 Å². The topological polar surface area (TPSA) is 87.0 Å². The summed E-state index contributed by atoms with van der Waals surface area (Å²) in [6, 6.07) is 7.12. The number of nitroso groups, excluding NO2 is 1. The minimum Gasteiger partial charge on any atom is -0.494 e. The van der Waals surface area contributed by atoms with Gasteiger partial charge in [-0.05, 0) is 38.7 Å². The van der Waals surface area contributed by atoms with Gasteiger partial charge in [-0.25, -0.2) is 9.37 Å². The number of methoxy groups -OCH3 is 1. The van der Waals surface area contributed by atoms with Gasteiger partial charge in [0.25, 0.3) is 0 Å². The number of carbonyl (C=O) groups is 1. The van der Waals surface area contributed by atoms with Crippen molar-refractivity contribution in [2.45, 2.75) is 19.1 Å². The number of pyridine rings is 1. The number of carbonyl (C=O) groups excluding carboxylic acids is 1. The van der Waals surface area contributed by atoms with Crippen LogP contribution in [0.25, 0.3) is 0 Å². The fourth-order valence-electron chi connectivity index (χ4n) is 2.76. The quantitative estimate of drug-likeness (QED) is 0.511. The van der Waals surface area contributed by atoms with Crippen LogP contribution in [-0.2, 0) is 9.53 Å². The van der Waals surface area contributed by atoms with Crippen molar-refractivity contribution in [3.8, 4) is 5.75 Å². The smallest absolute Gasteiger partial charge is 0.337 e. The van der Waals surface area contributed by atoms with E-state index in [4.69, 9.17) is 4.74 Å². The number of halogens is 2. The monoisotopic (exact) mass is 452 g/mol. The summed E-state index contributed by atoms with van der Waals surface area (Å²) in [7, 11) is 6.60. The van der Waals surface area contributed by atoms with Crippen LogP contribution >= 0.6 is 0 Å². The van der Waals surface area contributed by atoms with Gasteiger partial charge >= 0.3 is 6.23 Å². The van der Waals surface area contributed by atoms with Crippen molar-refractivity contribution in [3.05, 3.63) is 53.1 Å². The zero-order chi connectivity index (χ0) is 23.7. The van der Waals surface area contributed by atoms with E-state index in [0.717, 1.165) is 12.5 Å². The lowest BCUT2D eigenvalue weighted by Gasteiger charge is -2.18. The first-order valence-electron chi connectivity index (χ1n) is 9.93. The number of hydrogen-bond acceptors (Lipinski definition) is 6. The molecule has 174 valence electrons. The van der Waals surface area contributed by atoms with Crippen molar-refractivity contribution in [2.24, 2.45) is 0 Å². The van der Waals surface area contributed by atoms with E-state index in [1.54, 1.807) is 30.3 Å². The molecule has 1 aliphatic rings. The van der Waals surface area contributed by atoms with Gasteiger partial charge in [0, 0.05) is 25.7 Å². The molecule has 1 atom stereocenters. The van der Waals surface area contributed by atoms with Gasteiger partial charge in [0.1, 0.15) is 11.5 Å². The Balaban J connectivity index is 0.000000303. The van der Waals surface area contributed by atoms with E-state index in [9.17, 15) is 18.5 Å². The van der Waals surface area contributed by atoms with Crippen LogP contribution in [-0.4, -0.2) is 68.3 Å². The third kappa shape index (κ3) is 7.20. The molecule has 0 aliphatic carbocycles. The molecular weight excluding hydrogens is 424 g/mol. The van der Waals surface area contributed by atoms with Gasteiger partial charge in [-0.2, -0.15) is 4.39 Å². The molecule has 1 aromatic heterocycles. The Morgan fingerprint density at radius 2 is 2.06 bits per heavy atom. The van der Waals surface area contributed by atoms with Crippen LogP contribution in [0.15, 0.2) is 36.5 Å². The second-order valence-electron chi connectivity index (χ2n) is 7.25. The standard InChI is InChI=1S/C14H22N5O3.C7H6F2O/c1-17(2)10-13(20)18(3)12-9-11(6-7-15-12)16-19(21)14-5-4-8-22-14;1-10-6-4-2-3-5(8)7(6)9/h6-7,9,14H,4-5,8,10H2,1-3H3,(H,15,16,21);2-4H,1H3/q+1;. The summed E-state index contributed by atoms with van der Waals surface area (Å²) in [5.41, 5.74) is 3.29. The Morgan fingerprint density at radius 1 is 1.31 bits per heavy atom. The highest BCUT2D eigenvalue weighted by Gasteiger charge is 2.31. The second-order valence-corrected chi connectivity index (χ2v) is 7.25. The van der Waals surface area contributed by atoms with Crippen molar-refractivity contribution in [1.82, 2.24) is 9.88 Å². The van der Waals surface area contributed by atoms with Gasteiger partial charge in [-0.3, -0.25) is 9.69 Å². The van der Waals surface area contributed by atoms with Crippen molar-refractivity contribution in [3.63, 3.8) is 0 Å². The van der Waals surface area contributed by atoms with E-state index in [-0.39, 0.29) is 11.7 Å². The van der Waals surface area contributed by atoms with Crippen LogP contribution < -0.4 is 15.1 Å². The summed E-state index contributed by atoms with van der Waals surface area (Å²) in [5, 5.41) is 0. The van der Waals surface area contributed by atoms with Crippen molar-refractivity contribution in [2.75, 3.05) is 51.7 Å². The number of nitrogens with zero attached hydrogens (tertiary/aromatic N) is 4. The molecule has 0 radical (unpaired) electrons. The number of rotatable bonds is 7. The molecule has 2 heterocycles. The fraction of sp³-hybridized carbons (Fsp3) is 0.429. The molecule has 1 aromatic carbocycles.